The second-order valence-electron chi connectivity index (χ2n) is 21.3. The zero-order valence-electron chi connectivity index (χ0n) is 51.2. The van der Waals surface area contributed by atoms with E-state index in [0.717, 1.165) is 126 Å². The van der Waals surface area contributed by atoms with Crippen LogP contribution >= 0.6 is 0 Å². The van der Waals surface area contributed by atoms with E-state index in [2.05, 4.69) is 136 Å². The van der Waals surface area contributed by atoms with Crippen molar-refractivity contribution in [3.63, 3.8) is 0 Å². The number of carbonyl (C=O) groups is 1. The predicted octanol–water partition coefficient (Wildman–Crippen LogP) is 5.90. The third-order valence-electron chi connectivity index (χ3n) is 15.1. The summed E-state index contributed by atoms with van der Waals surface area (Å²) in [5.41, 5.74) is 11.9. The lowest BCUT2D eigenvalue weighted by Gasteiger charge is -2.20. The second-order valence-corrected chi connectivity index (χ2v) is 21.3. The molecule has 17 nitrogen and oxygen atoms in total. The van der Waals surface area contributed by atoms with Crippen LogP contribution in [0.2, 0.25) is 0 Å². The zero-order chi connectivity index (χ0) is 60.6. The smallest absolute Gasteiger partial charge is 0.269 e. The number of amides is 1. The first-order chi connectivity index (χ1) is 42.6. The minimum atomic E-state index is -0.381. The van der Waals surface area contributed by atoms with Gasteiger partial charge in [-0.25, -0.2) is 23.3 Å². The fourth-order valence-electron chi connectivity index (χ4n) is 10.2. The summed E-state index contributed by atoms with van der Waals surface area (Å²) >= 11 is 0. The van der Waals surface area contributed by atoms with Crippen LogP contribution in [0.1, 0.15) is 69.9 Å². The molecule has 4 aromatic heterocycles. The van der Waals surface area contributed by atoms with Gasteiger partial charge in [-0.2, -0.15) is 10.2 Å². The van der Waals surface area contributed by atoms with Crippen LogP contribution in [0.4, 0.5) is 34.1 Å². The number of nitro benzene ring substituents is 1. The van der Waals surface area contributed by atoms with Crippen molar-refractivity contribution in [2.45, 2.75) is 85.0 Å². The minimum Gasteiger partial charge on any atom is -1.00 e. The topological polar surface area (TPSA) is 152 Å². The number of carbonyl (C=O) groups excluding carboxylic acids is 1. The Bertz CT molecular complexity index is 3840. The highest BCUT2D eigenvalue weighted by Crippen LogP contribution is 2.25. The van der Waals surface area contributed by atoms with Crippen molar-refractivity contribution in [2.24, 2.45) is 10.2 Å². The number of nitrogens with zero attached hydrogens (tertiary/aromatic N) is 12. The maximum Gasteiger partial charge on any atom is 0.269 e. The van der Waals surface area contributed by atoms with Crippen LogP contribution in [0.3, 0.4) is 0 Å². The number of nitro groups is 1. The fraction of sp³-hybridized carbons (Fsp3) is 0.257. The van der Waals surface area contributed by atoms with Crippen LogP contribution < -0.4 is 73.2 Å². The Hall–Kier alpha value is -9.39. The van der Waals surface area contributed by atoms with Crippen molar-refractivity contribution < 1.29 is 57.4 Å². The molecule has 0 bridgehead atoms. The van der Waals surface area contributed by atoms with Crippen molar-refractivity contribution >= 4 is 74.5 Å². The highest BCUT2D eigenvalue weighted by atomic mass is 79.9. The number of hydrogen-bond donors (Lipinski definition) is 2. The highest BCUT2D eigenvalue weighted by Gasteiger charge is 2.22. The minimum absolute atomic E-state index is 0. The fourth-order valence-corrected chi connectivity index (χ4v) is 10.2. The number of hydrogen-bond acceptors (Lipinski definition) is 10. The SMILES string of the molecule is CCN(CC)c1ccc2nc3ccc(NC(=O)CCC[n+]4ccc(/C=N/N(C)c5ccccc5)cc4)cc3[n+](-c3ccccc3)c2c1.CN(/N=C/c1cc[n+](CCCCCCn2cc[n+](CCCNc3ccc([N+](=O)[O-])cc3)c2)cc1)c1ccccc1.[Br-].[Cl-]. The van der Waals surface area contributed by atoms with Crippen molar-refractivity contribution in [3.05, 3.63) is 241 Å². The van der Waals surface area contributed by atoms with Gasteiger partial charge in [-0.05, 0) is 93.8 Å². The first kappa shape index (κ1) is 67.1. The van der Waals surface area contributed by atoms with Crippen molar-refractivity contribution in [2.75, 3.05) is 59.3 Å². The summed E-state index contributed by atoms with van der Waals surface area (Å²) in [6.07, 6.45) is 25.4. The first-order valence-electron chi connectivity index (χ1n) is 30.2. The standard InChI is InChI=1S/C39H40N7O.C31H39N7O2.BrH.ClH/c1-4-45(5-2)34-19-21-36-38(28-34)46(33-15-10-7-11-16-33)37-27-31(18-20-35(37)42-36)41-39(47)17-12-24-44-25-22-30(23-26-44)29-40-43(3)32-13-8-6-9-14-32;1-34(30-10-5-4-6-11-30)33-26-28-16-22-35(23-17-28)19-7-2-3-8-20-36-24-25-37(27-36)21-9-18-32-29-12-14-31(15-13-29)38(39)40;;/h6-11,13-16,18-23,25-29H,4-5,12,17,24H2,1-3H3;4-6,10-17,22-27,32H,2-3,7-9,18-21H2,1H3;2*1H/q+1;+2;;/p-1. The number of para-hydroxylation sites is 3. The lowest BCUT2D eigenvalue weighted by atomic mass is 10.1. The molecule has 0 saturated heterocycles. The molecule has 0 spiro atoms. The van der Waals surface area contributed by atoms with Crippen molar-refractivity contribution in [1.82, 2.24) is 9.55 Å². The molecular formula is C70H80BrClN14O3+2. The molecule has 0 aliphatic heterocycles. The molecule has 89 heavy (non-hydrogen) atoms. The lowest BCUT2D eigenvalue weighted by Crippen LogP contribution is -3.00. The van der Waals surface area contributed by atoms with E-state index in [0.29, 0.717) is 6.42 Å². The number of aromatic nitrogens is 6. The number of pyridine rings is 2. The molecule has 0 aliphatic rings. The van der Waals surface area contributed by atoms with E-state index in [9.17, 15) is 14.9 Å². The van der Waals surface area contributed by atoms with Crippen LogP contribution in [-0.2, 0) is 31.0 Å². The number of hydrazone groups is 2. The number of anilines is 5. The number of fused-ring (bicyclic) bond motifs is 2. The van der Waals surface area contributed by atoms with Gasteiger partial charge in [0.25, 0.3) is 5.69 Å². The van der Waals surface area contributed by atoms with E-state index < -0.39 is 0 Å². The molecule has 0 fully saturated rings. The molecule has 460 valence electrons. The Balaban J connectivity index is 0.000000251. The molecule has 10 rings (SSSR count). The van der Waals surface area contributed by atoms with Gasteiger partial charge < -0.3 is 44.9 Å². The third kappa shape index (κ3) is 20.1. The molecule has 2 N–H and O–H groups in total. The Kier molecular flexibility index (Phi) is 26.3. The van der Waals surface area contributed by atoms with E-state index >= 15 is 0 Å². The molecule has 1 amide bonds. The molecule has 4 heterocycles. The average molecular weight is 1280 g/mol. The Morgan fingerprint density at radius 3 is 1.71 bits per heavy atom. The number of non-ortho nitro benzene ring substituents is 1. The average Bonchev–Trinajstić information content (AvgIpc) is 1.60. The normalized spacial score (nSPS) is 11.0. The molecule has 0 unspecified atom stereocenters. The maximum absolute atomic E-state index is 13.0. The summed E-state index contributed by atoms with van der Waals surface area (Å²) in [5, 5.41) is 30.0. The number of imidazole rings is 1. The molecule has 0 aliphatic carbocycles. The van der Waals surface area contributed by atoms with Crippen LogP contribution in [0.15, 0.2) is 230 Å². The summed E-state index contributed by atoms with van der Waals surface area (Å²) < 4.78 is 11.0. The monoisotopic (exact) mass is 1280 g/mol. The van der Waals surface area contributed by atoms with E-state index in [1.54, 1.807) is 12.1 Å². The van der Waals surface area contributed by atoms with E-state index in [-0.39, 0.29) is 45.9 Å². The van der Waals surface area contributed by atoms with Gasteiger partial charge in [-0.1, -0.05) is 54.6 Å². The number of halogens is 2. The van der Waals surface area contributed by atoms with Crippen molar-refractivity contribution in [3.8, 4) is 5.69 Å². The molecule has 0 atom stereocenters. The highest BCUT2D eigenvalue weighted by molar-refractivity contribution is 5.93. The number of unbranched alkanes of at least 4 members (excludes halogenated alkanes) is 3. The van der Waals surface area contributed by atoms with Gasteiger partial charge >= 0.3 is 0 Å². The number of aryl methyl sites for hydroxylation is 4. The molecular weight excluding hydrogens is 1200 g/mol. The maximum atomic E-state index is 13.0. The van der Waals surface area contributed by atoms with Gasteiger partial charge in [0.2, 0.25) is 29.0 Å². The van der Waals surface area contributed by atoms with Crippen LogP contribution in [-0.4, -0.2) is 66.5 Å². The summed E-state index contributed by atoms with van der Waals surface area (Å²) in [6.45, 7) is 10.7. The van der Waals surface area contributed by atoms with Crippen molar-refractivity contribution in [1.29, 1.82) is 0 Å². The first-order valence-corrected chi connectivity index (χ1v) is 30.2. The molecule has 10 aromatic rings. The predicted molar refractivity (Wildman–Crippen MR) is 350 cm³/mol. The van der Waals surface area contributed by atoms with E-state index in [4.69, 9.17) is 4.98 Å². The molecule has 6 aromatic carbocycles. The summed E-state index contributed by atoms with van der Waals surface area (Å²) in [6, 6.07) is 57.7. The molecule has 19 heteroatoms. The Morgan fingerprint density at radius 2 is 1.12 bits per heavy atom. The summed E-state index contributed by atoms with van der Waals surface area (Å²) in [4.78, 5) is 30.7. The van der Waals surface area contributed by atoms with Gasteiger partial charge in [0.1, 0.15) is 36.5 Å². The van der Waals surface area contributed by atoms with Gasteiger partial charge in [-0.3, -0.25) is 24.9 Å². The quantitative estimate of drug-likeness (QED) is 0.0154. The van der Waals surface area contributed by atoms with Gasteiger partial charge in [0.05, 0.1) is 41.8 Å². The van der Waals surface area contributed by atoms with Crippen LogP contribution in [0.5, 0.6) is 0 Å². The van der Waals surface area contributed by atoms with Gasteiger partial charge in [0, 0.05) is 148 Å². The Morgan fingerprint density at radius 1 is 0.596 bits per heavy atom. The number of nitrogens with one attached hydrogen (secondary N) is 2. The lowest BCUT2D eigenvalue weighted by molar-refractivity contribution is -0.697. The third-order valence-corrected chi connectivity index (χ3v) is 15.1. The van der Waals surface area contributed by atoms with E-state index in [1.165, 1.54) is 37.8 Å². The summed E-state index contributed by atoms with van der Waals surface area (Å²) in [7, 11) is 3.89. The van der Waals surface area contributed by atoms with Gasteiger partial charge in [-0.15, -0.1) is 4.57 Å². The number of benzene rings is 6. The number of rotatable bonds is 28. The Labute approximate surface area is 539 Å². The second kappa shape index (κ2) is 34.8. The van der Waals surface area contributed by atoms with Crippen LogP contribution in [0.25, 0.3) is 27.8 Å². The largest absolute Gasteiger partial charge is 1.00 e. The van der Waals surface area contributed by atoms with Crippen LogP contribution in [0, 0.1) is 10.1 Å². The summed E-state index contributed by atoms with van der Waals surface area (Å²) in [5.74, 6) is -0.0125. The van der Waals surface area contributed by atoms with Gasteiger partial charge in [0.15, 0.2) is 24.8 Å². The molecule has 0 radical (unpaired) electrons. The zero-order valence-corrected chi connectivity index (χ0v) is 53.5. The van der Waals surface area contributed by atoms with E-state index in [1.807, 2.05) is 158 Å². The molecule has 0 saturated carbocycles.